The average Bonchev–Trinajstić information content (AvgIpc) is 3.40. The Morgan fingerprint density at radius 3 is 2.57 bits per heavy atom. The Labute approximate surface area is 200 Å². The molecule has 1 aliphatic heterocycles. The summed E-state index contributed by atoms with van der Waals surface area (Å²) in [5.74, 6) is 0.264. The summed E-state index contributed by atoms with van der Waals surface area (Å²) in [4.78, 5) is 21.7. The van der Waals surface area contributed by atoms with Gasteiger partial charge in [0.1, 0.15) is 12.1 Å². The van der Waals surface area contributed by atoms with Crippen LogP contribution in [-0.2, 0) is 0 Å². The third kappa shape index (κ3) is 3.90. The second-order valence-electron chi connectivity index (χ2n) is 8.41. The molecule has 0 atom stereocenters. The van der Waals surface area contributed by atoms with E-state index in [4.69, 9.17) is 4.98 Å². The summed E-state index contributed by atoms with van der Waals surface area (Å²) in [6, 6.07) is 21.9. The standard InChI is InChI=1S/C26H22FN7O/c27-20-8-1-3-10-22(20)32-12-14-33(15-13-32)26(35)18-6-5-7-19(16-18)29-24-25-31-28-17-34(25)23-11-4-2-9-21(23)30-24/h1-11,16-17H,12-15H2,(H,29,30). The van der Waals surface area contributed by atoms with Gasteiger partial charge in [0, 0.05) is 37.4 Å². The lowest BCUT2D eigenvalue weighted by Crippen LogP contribution is -2.49. The van der Waals surface area contributed by atoms with E-state index in [1.165, 1.54) is 6.07 Å². The molecule has 6 rings (SSSR count). The molecular formula is C26H22FN7O. The van der Waals surface area contributed by atoms with Gasteiger partial charge in [0.25, 0.3) is 5.91 Å². The Bertz CT molecular complexity index is 1540. The van der Waals surface area contributed by atoms with Gasteiger partial charge in [0.15, 0.2) is 5.82 Å². The van der Waals surface area contributed by atoms with Crippen LogP contribution in [0, 0.1) is 5.82 Å². The third-order valence-corrected chi connectivity index (χ3v) is 6.27. The van der Waals surface area contributed by atoms with Crippen LogP contribution in [0.1, 0.15) is 10.4 Å². The molecule has 0 bridgehead atoms. The smallest absolute Gasteiger partial charge is 0.254 e. The zero-order chi connectivity index (χ0) is 23.8. The number of halogens is 1. The SMILES string of the molecule is O=C(c1cccc(Nc2nc3ccccc3n3cnnc23)c1)N1CCN(c2ccccc2F)CC1. The van der Waals surface area contributed by atoms with E-state index in [9.17, 15) is 9.18 Å². The maximum atomic E-state index is 14.1. The highest BCUT2D eigenvalue weighted by Gasteiger charge is 2.24. The van der Waals surface area contributed by atoms with Crippen molar-refractivity contribution < 1.29 is 9.18 Å². The molecule has 9 heteroatoms. The molecule has 5 aromatic rings. The lowest BCUT2D eigenvalue weighted by molar-refractivity contribution is 0.0746. The molecule has 0 radical (unpaired) electrons. The third-order valence-electron chi connectivity index (χ3n) is 6.27. The van der Waals surface area contributed by atoms with Crippen LogP contribution in [0.3, 0.4) is 0 Å². The van der Waals surface area contributed by atoms with E-state index in [0.29, 0.717) is 48.9 Å². The molecule has 0 aliphatic carbocycles. The van der Waals surface area contributed by atoms with Crippen molar-refractivity contribution in [2.45, 2.75) is 0 Å². The number of piperazine rings is 1. The normalized spacial score (nSPS) is 14.0. The fourth-order valence-corrected chi connectivity index (χ4v) is 4.50. The van der Waals surface area contributed by atoms with Gasteiger partial charge in [-0.3, -0.25) is 9.20 Å². The number of rotatable bonds is 4. The first-order chi connectivity index (χ1) is 17.2. The van der Waals surface area contributed by atoms with Crippen molar-refractivity contribution in [1.82, 2.24) is 24.5 Å². The van der Waals surface area contributed by atoms with Gasteiger partial charge in [-0.25, -0.2) is 9.37 Å². The van der Waals surface area contributed by atoms with E-state index in [1.54, 1.807) is 24.5 Å². The van der Waals surface area contributed by atoms with Crippen LogP contribution >= 0.6 is 0 Å². The number of hydrogen-bond donors (Lipinski definition) is 1. The highest BCUT2D eigenvalue weighted by atomic mass is 19.1. The molecule has 0 spiro atoms. The Hall–Kier alpha value is -4.53. The molecule has 1 fully saturated rings. The molecule has 1 saturated heterocycles. The molecule has 2 aromatic heterocycles. The summed E-state index contributed by atoms with van der Waals surface area (Å²) in [6.45, 7) is 2.21. The summed E-state index contributed by atoms with van der Waals surface area (Å²) in [6.07, 6.45) is 1.66. The van der Waals surface area contributed by atoms with Crippen molar-refractivity contribution in [3.05, 3.63) is 90.5 Å². The van der Waals surface area contributed by atoms with Crippen LogP contribution in [0.4, 0.5) is 21.6 Å². The van der Waals surface area contributed by atoms with Crippen LogP contribution in [0.15, 0.2) is 79.1 Å². The van der Waals surface area contributed by atoms with Crippen LogP contribution < -0.4 is 10.2 Å². The minimum absolute atomic E-state index is 0.0547. The molecule has 8 nitrogen and oxygen atoms in total. The van der Waals surface area contributed by atoms with Gasteiger partial charge in [-0.05, 0) is 42.5 Å². The zero-order valence-corrected chi connectivity index (χ0v) is 18.8. The van der Waals surface area contributed by atoms with E-state index in [2.05, 4.69) is 15.5 Å². The number of aromatic nitrogens is 4. The Morgan fingerprint density at radius 2 is 1.71 bits per heavy atom. The zero-order valence-electron chi connectivity index (χ0n) is 18.8. The maximum absolute atomic E-state index is 14.1. The number of amides is 1. The monoisotopic (exact) mass is 467 g/mol. The van der Waals surface area contributed by atoms with Gasteiger partial charge in [0.05, 0.1) is 16.7 Å². The van der Waals surface area contributed by atoms with Gasteiger partial charge in [-0.15, -0.1) is 10.2 Å². The molecule has 0 saturated carbocycles. The van der Waals surface area contributed by atoms with Crippen LogP contribution in [0.5, 0.6) is 0 Å². The molecule has 3 aromatic carbocycles. The van der Waals surface area contributed by atoms with E-state index in [-0.39, 0.29) is 11.7 Å². The first-order valence-corrected chi connectivity index (χ1v) is 11.4. The van der Waals surface area contributed by atoms with Crippen molar-refractivity contribution in [1.29, 1.82) is 0 Å². The van der Waals surface area contributed by atoms with E-state index >= 15 is 0 Å². The maximum Gasteiger partial charge on any atom is 0.254 e. The molecule has 1 N–H and O–H groups in total. The quantitative estimate of drug-likeness (QED) is 0.428. The van der Waals surface area contributed by atoms with Crippen LogP contribution in [0.25, 0.3) is 16.7 Å². The minimum Gasteiger partial charge on any atom is -0.366 e. The minimum atomic E-state index is -0.241. The molecule has 1 amide bonds. The number of carbonyl (C=O) groups is 1. The lowest BCUT2D eigenvalue weighted by Gasteiger charge is -2.36. The second kappa shape index (κ2) is 8.68. The Balaban J connectivity index is 1.21. The second-order valence-corrected chi connectivity index (χ2v) is 8.41. The highest BCUT2D eigenvalue weighted by Crippen LogP contribution is 2.25. The number of fused-ring (bicyclic) bond motifs is 3. The van der Waals surface area contributed by atoms with Crippen LogP contribution in [0.2, 0.25) is 0 Å². The highest BCUT2D eigenvalue weighted by molar-refractivity contribution is 5.95. The van der Waals surface area contributed by atoms with Crippen molar-refractivity contribution >= 4 is 39.8 Å². The Morgan fingerprint density at radius 1 is 0.914 bits per heavy atom. The topological polar surface area (TPSA) is 78.7 Å². The summed E-state index contributed by atoms with van der Waals surface area (Å²) in [5.41, 5.74) is 4.21. The van der Waals surface area contributed by atoms with Gasteiger partial charge >= 0.3 is 0 Å². The number of benzene rings is 3. The lowest BCUT2D eigenvalue weighted by atomic mass is 10.1. The number of hydrogen-bond acceptors (Lipinski definition) is 6. The first-order valence-electron chi connectivity index (χ1n) is 11.4. The predicted octanol–water partition coefficient (Wildman–Crippen LogP) is 4.12. The summed E-state index contributed by atoms with van der Waals surface area (Å²) >= 11 is 0. The van der Waals surface area contributed by atoms with Gasteiger partial charge in [-0.2, -0.15) is 0 Å². The van der Waals surface area contributed by atoms with Crippen molar-refractivity contribution in [3.8, 4) is 0 Å². The van der Waals surface area contributed by atoms with Crippen molar-refractivity contribution in [3.63, 3.8) is 0 Å². The van der Waals surface area contributed by atoms with E-state index < -0.39 is 0 Å². The summed E-state index contributed by atoms with van der Waals surface area (Å²) in [7, 11) is 0. The summed E-state index contributed by atoms with van der Waals surface area (Å²) < 4.78 is 16.0. The number of carbonyl (C=O) groups excluding carboxylic acids is 1. The number of anilines is 3. The fraction of sp³-hybridized carbons (Fsp3) is 0.154. The predicted molar refractivity (Wildman–Crippen MR) is 133 cm³/mol. The van der Waals surface area contributed by atoms with E-state index in [0.717, 1.165) is 16.7 Å². The van der Waals surface area contributed by atoms with Crippen LogP contribution in [-0.4, -0.2) is 56.6 Å². The average molecular weight is 468 g/mol. The first kappa shape index (κ1) is 21.0. The fourth-order valence-electron chi connectivity index (χ4n) is 4.50. The summed E-state index contributed by atoms with van der Waals surface area (Å²) in [5, 5.41) is 11.6. The number of nitrogens with one attached hydrogen (secondary N) is 1. The number of nitrogens with zero attached hydrogens (tertiary/aromatic N) is 6. The van der Waals surface area contributed by atoms with Crippen molar-refractivity contribution in [2.24, 2.45) is 0 Å². The molecule has 35 heavy (non-hydrogen) atoms. The molecule has 3 heterocycles. The molecule has 1 aliphatic rings. The molecule has 0 unspecified atom stereocenters. The van der Waals surface area contributed by atoms with E-state index in [1.807, 2.05) is 62.7 Å². The largest absolute Gasteiger partial charge is 0.366 e. The molecular weight excluding hydrogens is 445 g/mol. The molecule has 174 valence electrons. The Kier molecular flexibility index (Phi) is 5.21. The van der Waals surface area contributed by atoms with Crippen molar-refractivity contribution in [2.75, 3.05) is 36.4 Å². The van der Waals surface area contributed by atoms with Gasteiger partial charge < -0.3 is 15.1 Å². The van der Waals surface area contributed by atoms with Gasteiger partial charge in [0.2, 0.25) is 5.65 Å². The van der Waals surface area contributed by atoms with Gasteiger partial charge in [-0.1, -0.05) is 30.3 Å². The number of para-hydroxylation sites is 3.